The molecule has 3 nitrogen and oxygen atoms in total. The van der Waals surface area contributed by atoms with Gasteiger partial charge in [-0.2, -0.15) is 0 Å². The van der Waals surface area contributed by atoms with E-state index < -0.39 is 0 Å². The van der Waals surface area contributed by atoms with Crippen LogP contribution in [0, 0.1) is 11.3 Å². The molecule has 0 aliphatic heterocycles. The molecule has 0 saturated heterocycles. The van der Waals surface area contributed by atoms with Crippen molar-refractivity contribution in [2.75, 3.05) is 0 Å². The lowest BCUT2D eigenvalue weighted by molar-refractivity contribution is -0.118. The van der Waals surface area contributed by atoms with Crippen LogP contribution < -0.4 is 0 Å². The summed E-state index contributed by atoms with van der Waals surface area (Å²) >= 11 is 0. The largest absolute Gasteiger partial charge is 0.513 e. The van der Waals surface area contributed by atoms with Gasteiger partial charge in [0.05, 0.1) is 5.76 Å². The molecule has 0 radical (unpaired) electrons. The third-order valence-corrected chi connectivity index (χ3v) is 3.86. The molecule has 0 heterocycles. The quantitative estimate of drug-likeness (QED) is 0.761. The Morgan fingerprint density at radius 1 is 1.56 bits per heavy atom. The maximum absolute atomic E-state index is 11.7. The molecule has 0 amide bonds. The minimum absolute atomic E-state index is 0.0643. The van der Waals surface area contributed by atoms with E-state index >= 15 is 0 Å². The van der Waals surface area contributed by atoms with Gasteiger partial charge in [-0.3, -0.25) is 4.79 Å². The summed E-state index contributed by atoms with van der Waals surface area (Å²) in [6.45, 7) is 9.21. The summed E-state index contributed by atoms with van der Waals surface area (Å²) < 4.78 is 0. The lowest BCUT2D eigenvalue weighted by Crippen LogP contribution is -2.33. The van der Waals surface area contributed by atoms with Crippen LogP contribution in [0.15, 0.2) is 24.0 Å². The second-order valence-electron chi connectivity index (χ2n) is 5.73. The lowest BCUT2D eigenvalue weighted by Gasteiger charge is -2.39. The predicted molar refractivity (Wildman–Crippen MR) is 71.3 cm³/mol. The molecule has 0 fully saturated rings. The first kappa shape index (κ1) is 14.7. The van der Waals surface area contributed by atoms with Crippen molar-refractivity contribution in [2.45, 2.75) is 46.5 Å². The Labute approximate surface area is 109 Å². The highest BCUT2D eigenvalue weighted by atomic mass is 16.3. The summed E-state index contributed by atoms with van der Waals surface area (Å²) in [7, 11) is 0. The minimum atomic E-state index is -0.172. The van der Waals surface area contributed by atoms with Gasteiger partial charge in [-0.25, -0.2) is 0 Å². The minimum Gasteiger partial charge on any atom is -0.513 e. The van der Waals surface area contributed by atoms with Crippen molar-refractivity contribution in [3.8, 4) is 0 Å². The molecular weight excluding hydrogens is 228 g/mol. The Hall–Kier alpha value is -1.38. The molecular formula is C15H22O3. The molecule has 3 heteroatoms. The van der Waals surface area contributed by atoms with Gasteiger partial charge >= 0.3 is 0 Å². The lowest BCUT2D eigenvalue weighted by atomic mass is 9.65. The van der Waals surface area contributed by atoms with Crippen LogP contribution in [-0.4, -0.2) is 16.7 Å². The van der Waals surface area contributed by atoms with Gasteiger partial charge < -0.3 is 9.90 Å². The van der Waals surface area contributed by atoms with E-state index in [-0.39, 0.29) is 28.7 Å². The molecule has 18 heavy (non-hydrogen) atoms. The topological polar surface area (TPSA) is 54.4 Å². The Morgan fingerprint density at radius 2 is 2.17 bits per heavy atom. The molecule has 0 aromatic rings. The average molecular weight is 250 g/mol. The zero-order valence-corrected chi connectivity index (χ0v) is 11.5. The zero-order valence-electron chi connectivity index (χ0n) is 11.5. The molecule has 0 saturated carbocycles. The van der Waals surface area contributed by atoms with Gasteiger partial charge in [-0.15, -0.1) is 0 Å². The van der Waals surface area contributed by atoms with Crippen molar-refractivity contribution in [1.29, 1.82) is 0 Å². The molecule has 0 unspecified atom stereocenters. The van der Waals surface area contributed by atoms with Crippen molar-refractivity contribution in [1.82, 2.24) is 0 Å². The van der Waals surface area contributed by atoms with Gasteiger partial charge in [-0.1, -0.05) is 26.0 Å². The number of allylic oxidation sites excluding steroid dienone is 3. The number of ketones is 2. The van der Waals surface area contributed by atoms with E-state index in [2.05, 4.69) is 20.4 Å². The Bertz CT molecular complexity index is 402. The highest BCUT2D eigenvalue weighted by molar-refractivity contribution is 5.92. The van der Waals surface area contributed by atoms with Crippen LogP contribution in [0.3, 0.4) is 0 Å². The molecule has 1 aliphatic carbocycles. The maximum atomic E-state index is 11.7. The van der Waals surface area contributed by atoms with Crippen molar-refractivity contribution >= 4 is 11.6 Å². The fourth-order valence-corrected chi connectivity index (χ4v) is 2.52. The highest BCUT2D eigenvalue weighted by Crippen LogP contribution is 2.44. The Kier molecular flexibility index (Phi) is 4.49. The molecule has 1 aliphatic rings. The van der Waals surface area contributed by atoms with E-state index in [1.165, 1.54) is 0 Å². The van der Waals surface area contributed by atoms with Gasteiger partial charge in [0.15, 0.2) is 5.78 Å². The van der Waals surface area contributed by atoms with Crippen molar-refractivity contribution in [2.24, 2.45) is 11.3 Å². The molecule has 0 aromatic carbocycles. The molecule has 1 N–H and O–H groups in total. The summed E-state index contributed by atoms with van der Waals surface area (Å²) in [5.74, 6) is 0.398. The van der Waals surface area contributed by atoms with Gasteiger partial charge in [0, 0.05) is 19.3 Å². The van der Waals surface area contributed by atoms with E-state index in [4.69, 9.17) is 0 Å². The van der Waals surface area contributed by atoms with Crippen molar-refractivity contribution in [3.63, 3.8) is 0 Å². The standard InChI is InChI=1S/C15H22O3/c1-10(16)5-6-12-8-14(18)9-13(7-11(2)17)15(12,3)4/h8,13,17H,2,5-7,9H2,1,3-4H3/t13-/m0/s1. The van der Waals surface area contributed by atoms with E-state index in [1.54, 1.807) is 13.0 Å². The number of carbonyl (C=O) groups excluding carboxylic acids is 2. The van der Waals surface area contributed by atoms with E-state index in [9.17, 15) is 14.7 Å². The molecule has 100 valence electrons. The van der Waals surface area contributed by atoms with Crippen LogP contribution in [0.5, 0.6) is 0 Å². The second kappa shape index (κ2) is 5.51. The van der Waals surface area contributed by atoms with Crippen molar-refractivity contribution in [3.05, 3.63) is 24.0 Å². The summed E-state index contributed by atoms with van der Waals surface area (Å²) in [5, 5.41) is 9.35. The number of aliphatic hydroxyl groups is 1. The SMILES string of the molecule is C=C(O)C[C@H]1CC(=O)C=C(CCC(C)=O)C1(C)C. The summed E-state index contributed by atoms with van der Waals surface area (Å²) in [6.07, 6.45) is 3.66. The fourth-order valence-electron chi connectivity index (χ4n) is 2.52. The molecule has 0 spiro atoms. The number of aliphatic hydroxyl groups excluding tert-OH is 1. The Morgan fingerprint density at radius 3 is 2.67 bits per heavy atom. The number of Topliss-reactive ketones (excluding diaryl/α,β-unsaturated/α-hetero) is 1. The summed E-state index contributed by atoms with van der Waals surface area (Å²) in [5.41, 5.74) is 0.842. The number of carbonyl (C=O) groups is 2. The van der Waals surface area contributed by atoms with Gasteiger partial charge in [0.1, 0.15) is 5.78 Å². The molecule has 1 atom stereocenters. The number of hydrogen-bond acceptors (Lipinski definition) is 3. The molecule has 0 aromatic heterocycles. The van der Waals surface area contributed by atoms with E-state index in [0.717, 1.165) is 5.57 Å². The maximum Gasteiger partial charge on any atom is 0.155 e. The summed E-state index contributed by atoms with van der Waals surface area (Å²) in [6, 6.07) is 0. The fraction of sp³-hybridized carbons (Fsp3) is 0.600. The first-order chi connectivity index (χ1) is 8.23. The monoisotopic (exact) mass is 250 g/mol. The average Bonchev–Trinajstić information content (AvgIpc) is 2.20. The Balaban J connectivity index is 2.90. The van der Waals surface area contributed by atoms with Crippen LogP contribution in [0.4, 0.5) is 0 Å². The zero-order chi connectivity index (χ0) is 13.9. The smallest absolute Gasteiger partial charge is 0.155 e. The molecule has 1 rings (SSSR count). The van der Waals surface area contributed by atoms with Crippen LogP contribution >= 0.6 is 0 Å². The molecule has 0 bridgehead atoms. The van der Waals surface area contributed by atoms with Crippen LogP contribution in [0.1, 0.15) is 46.5 Å². The van der Waals surface area contributed by atoms with Gasteiger partial charge in [0.2, 0.25) is 0 Å². The third kappa shape index (κ3) is 3.56. The normalized spacial score (nSPS) is 22.5. The van der Waals surface area contributed by atoms with E-state index in [1.807, 2.05) is 0 Å². The van der Waals surface area contributed by atoms with Gasteiger partial charge in [-0.05, 0) is 30.8 Å². The van der Waals surface area contributed by atoms with E-state index in [0.29, 0.717) is 25.7 Å². The van der Waals surface area contributed by atoms with Crippen LogP contribution in [-0.2, 0) is 9.59 Å². The highest BCUT2D eigenvalue weighted by Gasteiger charge is 2.37. The van der Waals surface area contributed by atoms with Crippen molar-refractivity contribution < 1.29 is 14.7 Å². The first-order valence-corrected chi connectivity index (χ1v) is 6.33. The number of hydrogen-bond donors (Lipinski definition) is 1. The third-order valence-electron chi connectivity index (χ3n) is 3.86. The number of rotatable bonds is 5. The summed E-state index contributed by atoms with van der Waals surface area (Å²) in [4.78, 5) is 22.8. The predicted octanol–water partition coefficient (Wildman–Crippen LogP) is 3.36. The van der Waals surface area contributed by atoms with Crippen LogP contribution in [0.2, 0.25) is 0 Å². The second-order valence-corrected chi connectivity index (χ2v) is 5.73. The van der Waals surface area contributed by atoms with Crippen LogP contribution in [0.25, 0.3) is 0 Å². The first-order valence-electron chi connectivity index (χ1n) is 6.33. The van der Waals surface area contributed by atoms with Gasteiger partial charge in [0.25, 0.3) is 0 Å².